The fourth-order valence-corrected chi connectivity index (χ4v) is 3.89. The maximum atomic E-state index is 5.71. The van der Waals surface area contributed by atoms with Crippen molar-refractivity contribution in [2.45, 2.75) is 50.7 Å². The van der Waals surface area contributed by atoms with Crippen LogP contribution in [0.15, 0.2) is 18.3 Å². The summed E-state index contributed by atoms with van der Waals surface area (Å²) in [4.78, 5) is 2.40. The van der Waals surface area contributed by atoms with E-state index in [1.54, 1.807) is 0 Å². The number of thiocarbonyl (C=S) groups is 1. The lowest BCUT2D eigenvalue weighted by Gasteiger charge is -2.33. The van der Waals surface area contributed by atoms with Crippen LogP contribution in [0.25, 0.3) is 0 Å². The highest BCUT2D eigenvalue weighted by atomic mass is 32.1. The second kappa shape index (κ2) is 7.47. The van der Waals surface area contributed by atoms with Crippen LogP contribution < -0.4 is 5.32 Å². The maximum Gasteiger partial charge on any atom is 0.169 e. The van der Waals surface area contributed by atoms with Crippen molar-refractivity contribution in [3.05, 3.63) is 24.0 Å². The molecule has 0 radical (unpaired) electrons. The topological polar surface area (TPSA) is 29.4 Å². The molecule has 2 aliphatic heterocycles. The van der Waals surface area contributed by atoms with E-state index < -0.39 is 0 Å². The van der Waals surface area contributed by atoms with E-state index in [0.717, 1.165) is 31.2 Å². The molecule has 1 N–H and O–H groups in total. The molecule has 5 heteroatoms. The average molecular weight is 321 g/mol. The molecular formula is C17H27N3OS. The molecule has 1 aromatic heterocycles. The van der Waals surface area contributed by atoms with E-state index in [0.29, 0.717) is 12.1 Å². The highest BCUT2D eigenvalue weighted by Crippen LogP contribution is 2.30. The van der Waals surface area contributed by atoms with Gasteiger partial charge in [-0.2, -0.15) is 0 Å². The van der Waals surface area contributed by atoms with Gasteiger partial charge in [0.2, 0.25) is 0 Å². The number of nitrogens with zero attached hydrogens (tertiary/aromatic N) is 2. The van der Waals surface area contributed by atoms with Gasteiger partial charge >= 0.3 is 0 Å². The molecule has 22 heavy (non-hydrogen) atoms. The molecule has 0 aliphatic carbocycles. The number of ether oxygens (including phenoxy) is 1. The number of likely N-dealkylation sites (tertiary alicyclic amines) is 1. The van der Waals surface area contributed by atoms with Gasteiger partial charge in [-0.25, -0.2) is 0 Å². The Hall–Kier alpha value is -1.07. The number of nitrogens with one attached hydrogen (secondary N) is 1. The highest BCUT2D eigenvalue weighted by molar-refractivity contribution is 7.80. The Morgan fingerprint density at radius 2 is 2.23 bits per heavy atom. The first-order valence-corrected chi connectivity index (χ1v) is 8.94. The zero-order valence-electron chi connectivity index (χ0n) is 13.5. The summed E-state index contributed by atoms with van der Waals surface area (Å²) < 4.78 is 7.92. The van der Waals surface area contributed by atoms with Crippen molar-refractivity contribution in [1.82, 2.24) is 14.8 Å². The van der Waals surface area contributed by atoms with Crippen LogP contribution in [0.1, 0.15) is 50.3 Å². The second-order valence-electron chi connectivity index (χ2n) is 6.42. The average Bonchev–Trinajstić information content (AvgIpc) is 3.12. The predicted molar refractivity (Wildman–Crippen MR) is 92.9 cm³/mol. The maximum absolute atomic E-state index is 5.71. The Morgan fingerprint density at radius 1 is 1.32 bits per heavy atom. The summed E-state index contributed by atoms with van der Waals surface area (Å²) >= 11 is 5.71. The number of rotatable bonds is 3. The van der Waals surface area contributed by atoms with Gasteiger partial charge in [0.05, 0.1) is 12.1 Å². The Bertz CT molecular complexity index is 496. The molecule has 0 bridgehead atoms. The Labute approximate surface area is 138 Å². The van der Waals surface area contributed by atoms with Gasteiger partial charge < -0.3 is 19.5 Å². The number of aromatic nitrogens is 1. The molecule has 0 amide bonds. The third-order valence-corrected chi connectivity index (χ3v) is 5.22. The summed E-state index contributed by atoms with van der Waals surface area (Å²) in [6.07, 6.45) is 9.76. The van der Waals surface area contributed by atoms with E-state index in [2.05, 4.69) is 40.2 Å². The van der Waals surface area contributed by atoms with Gasteiger partial charge in [-0.15, -0.1) is 0 Å². The van der Waals surface area contributed by atoms with Crippen LogP contribution >= 0.6 is 12.2 Å². The number of hydrogen-bond donors (Lipinski definition) is 1. The summed E-state index contributed by atoms with van der Waals surface area (Å²) in [5, 5.41) is 4.35. The van der Waals surface area contributed by atoms with Crippen molar-refractivity contribution in [3.63, 3.8) is 0 Å². The van der Waals surface area contributed by atoms with Crippen molar-refractivity contribution in [2.75, 3.05) is 19.7 Å². The Kier molecular flexibility index (Phi) is 5.37. The lowest BCUT2D eigenvalue weighted by atomic mass is 10.1. The van der Waals surface area contributed by atoms with E-state index in [4.69, 9.17) is 17.0 Å². The smallest absolute Gasteiger partial charge is 0.169 e. The van der Waals surface area contributed by atoms with Crippen LogP contribution in [0.2, 0.25) is 0 Å². The first-order chi connectivity index (χ1) is 10.8. The van der Waals surface area contributed by atoms with Crippen LogP contribution in [-0.2, 0) is 11.8 Å². The van der Waals surface area contributed by atoms with Gasteiger partial charge in [0, 0.05) is 38.6 Å². The highest BCUT2D eigenvalue weighted by Gasteiger charge is 2.26. The van der Waals surface area contributed by atoms with Gasteiger partial charge in [-0.3, -0.25) is 0 Å². The first-order valence-electron chi connectivity index (χ1n) is 8.53. The molecule has 0 saturated carbocycles. The lowest BCUT2D eigenvalue weighted by molar-refractivity contribution is 0.113. The molecule has 0 spiro atoms. The van der Waals surface area contributed by atoms with Crippen molar-refractivity contribution in [2.24, 2.45) is 7.05 Å². The number of aryl methyl sites for hydroxylation is 1. The third kappa shape index (κ3) is 3.63. The second-order valence-corrected chi connectivity index (χ2v) is 6.81. The molecular weight excluding hydrogens is 294 g/mol. The van der Waals surface area contributed by atoms with Crippen LogP contribution in [0, 0.1) is 0 Å². The molecule has 0 unspecified atom stereocenters. The van der Waals surface area contributed by atoms with E-state index >= 15 is 0 Å². The molecule has 4 nitrogen and oxygen atoms in total. The number of hydrogen-bond acceptors (Lipinski definition) is 2. The molecule has 122 valence electrons. The third-order valence-electron chi connectivity index (χ3n) is 4.84. The fourth-order valence-electron chi connectivity index (χ4n) is 3.59. The minimum atomic E-state index is 0.332. The molecule has 2 aliphatic rings. The molecule has 1 aromatic rings. The molecule has 2 atom stereocenters. The van der Waals surface area contributed by atoms with Crippen molar-refractivity contribution in [1.29, 1.82) is 0 Å². The van der Waals surface area contributed by atoms with Gasteiger partial charge in [-0.1, -0.05) is 12.8 Å². The van der Waals surface area contributed by atoms with Crippen molar-refractivity contribution < 1.29 is 4.74 Å². The van der Waals surface area contributed by atoms with Gasteiger partial charge in [0.15, 0.2) is 5.11 Å². The predicted octanol–water partition coefficient (Wildman–Crippen LogP) is 3.00. The van der Waals surface area contributed by atoms with Gasteiger partial charge in [-0.05, 0) is 50.0 Å². The zero-order chi connectivity index (χ0) is 15.4. The quantitative estimate of drug-likeness (QED) is 0.867. The Balaban J connectivity index is 1.67. The van der Waals surface area contributed by atoms with Gasteiger partial charge in [0.1, 0.15) is 0 Å². The van der Waals surface area contributed by atoms with Crippen LogP contribution in [0.3, 0.4) is 0 Å². The first kappa shape index (κ1) is 15.8. The summed E-state index contributed by atoms with van der Waals surface area (Å²) in [7, 11) is 2.13. The fraction of sp³-hybridized carbons (Fsp3) is 0.706. The molecule has 3 rings (SSSR count). The van der Waals surface area contributed by atoms with Crippen molar-refractivity contribution in [3.8, 4) is 0 Å². The zero-order valence-corrected chi connectivity index (χ0v) is 14.3. The summed E-state index contributed by atoms with van der Waals surface area (Å²) in [6, 6.07) is 4.75. The van der Waals surface area contributed by atoms with Crippen LogP contribution in [0.5, 0.6) is 0 Å². The monoisotopic (exact) mass is 321 g/mol. The SMILES string of the molecule is Cn1cccc1[C@@H]1CCCCCN1C(=S)NC[C@@H]1CCCO1. The molecule has 0 aromatic carbocycles. The van der Waals surface area contributed by atoms with E-state index in [9.17, 15) is 0 Å². The standard InChI is InChI=1S/C17H27N3OS/c1-19-10-5-9-15(19)16-8-3-2-4-11-20(16)17(22)18-13-14-7-6-12-21-14/h5,9-10,14,16H,2-4,6-8,11-13H2,1H3,(H,18,22)/t14-,16-/m0/s1. The largest absolute Gasteiger partial charge is 0.376 e. The summed E-state index contributed by atoms with van der Waals surface area (Å²) in [5.41, 5.74) is 1.36. The molecule has 2 saturated heterocycles. The normalized spacial score (nSPS) is 26.0. The van der Waals surface area contributed by atoms with E-state index in [1.807, 2.05) is 0 Å². The summed E-state index contributed by atoms with van der Waals surface area (Å²) in [5.74, 6) is 0. The minimum Gasteiger partial charge on any atom is -0.376 e. The Morgan fingerprint density at radius 3 is 2.95 bits per heavy atom. The van der Waals surface area contributed by atoms with Gasteiger partial charge in [0.25, 0.3) is 0 Å². The van der Waals surface area contributed by atoms with Crippen molar-refractivity contribution >= 4 is 17.3 Å². The van der Waals surface area contributed by atoms with Crippen LogP contribution in [0.4, 0.5) is 0 Å². The van der Waals surface area contributed by atoms with E-state index in [1.165, 1.54) is 37.8 Å². The lowest BCUT2D eigenvalue weighted by Crippen LogP contribution is -2.44. The minimum absolute atomic E-state index is 0.332. The van der Waals surface area contributed by atoms with E-state index in [-0.39, 0.29) is 0 Å². The van der Waals surface area contributed by atoms with Crippen LogP contribution in [-0.4, -0.2) is 40.4 Å². The summed E-state index contributed by atoms with van der Waals surface area (Å²) in [6.45, 7) is 2.79. The molecule has 3 heterocycles. The molecule has 2 fully saturated rings.